The highest BCUT2D eigenvalue weighted by Gasteiger charge is 2.31. The Morgan fingerprint density at radius 2 is 2.13 bits per heavy atom. The van der Waals surface area contributed by atoms with Gasteiger partial charge in [-0.15, -0.1) is 24.0 Å². The molecule has 31 heavy (non-hydrogen) atoms. The van der Waals surface area contributed by atoms with Gasteiger partial charge in [0.15, 0.2) is 5.96 Å². The summed E-state index contributed by atoms with van der Waals surface area (Å²) in [5.41, 5.74) is 0. The lowest BCUT2D eigenvalue weighted by molar-refractivity contribution is -0.135. The molecule has 176 valence electrons. The highest BCUT2D eigenvalue weighted by molar-refractivity contribution is 14.0. The van der Waals surface area contributed by atoms with Crippen LogP contribution in [-0.2, 0) is 16.0 Å². The molecule has 1 unspecified atom stereocenters. The van der Waals surface area contributed by atoms with E-state index in [1.54, 1.807) is 6.26 Å². The number of hydrogen-bond donors (Lipinski definition) is 2. The lowest BCUT2D eigenvalue weighted by atomic mass is 9.88. The molecule has 8 heteroatoms. The number of halogens is 1. The Morgan fingerprint density at radius 1 is 1.29 bits per heavy atom. The smallest absolute Gasteiger partial charge is 0.225 e. The van der Waals surface area contributed by atoms with E-state index in [2.05, 4.69) is 15.5 Å². The summed E-state index contributed by atoms with van der Waals surface area (Å²) in [5, 5.41) is 6.97. The van der Waals surface area contributed by atoms with Crippen molar-refractivity contribution < 1.29 is 13.9 Å². The van der Waals surface area contributed by atoms with Gasteiger partial charge in [0.2, 0.25) is 5.91 Å². The zero-order valence-electron chi connectivity index (χ0n) is 18.8. The van der Waals surface area contributed by atoms with Crippen LogP contribution in [0, 0.1) is 5.92 Å². The average molecular weight is 546 g/mol. The van der Waals surface area contributed by atoms with Crippen LogP contribution >= 0.6 is 24.0 Å². The topological polar surface area (TPSA) is 79.1 Å². The first-order chi connectivity index (χ1) is 14.8. The zero-order chi connectivity index (χ0) is 21.0. The van der Waals surface area contributed by atoms with Crippen molar-refractivity contribution >= 4 is 35.8 Å². The molecule has 1 saturated carbocycles. The molecule has 1 aliphatic heterocycles. The molecule has 1 aliphatic carbocycles. The first kappa shape index (κ1) is 26.0. The van der Waals surface area contributed by atoms with Gasteiger partial charge in [0.1, 0.15) is 5.76 Å². The van der Waals surface area contributed by atoms with Gasteiger partial charge in [0.05, 0.1) is 6.26 Å². The Bertz CT molecular complexity index is 647. The molecule has 1 saturated heterocycles. The van der Waals surface area contributed by atoms with Crippen LogP contribution < -0.4 is 10.6 Å². The van der Waals surface area contributed by atoms with E-state index in [0.717, 1.165) is 76.7 Å². The summed E-state index contributed by atoms with van der Waals surface area (Å²) in [5.74, 6) is 2.38. The van der Waals surface area contributed by atoms with Gasteiger partial charge in [-0.1, -0.05) is 19.3 Å². The summed E-state index contributed by atoms with van der Waals surface area (Å²) < 4.78 is 10.8. The van der Waals surface area contributed by atoms with E-state index in [0.29, 0.717) is 12.5 Å². The van der Waals surface area contributed by atoms with Gasteiger partial charge in [-0.25, -0.2) is 0 Å². The molecule has 0 bridgehead atoms. The number of furan rings is 1. The van der Waals surface area contributed by atoms with Gasteiger partial charge in [0, 0.05) is 57.8 Å². The Hall–Kier alpha value is -1.29. The van der Waals surface area contributed by atoms with Crippen LogP contribution in [0.1, 0.15) is 57.6 Å². The van der Waals surface area contributed by atoms with Crippen molar-refractivity contribution in [3.63, 3.8) is 0 Å². The van der Waals surface area contributed by atoms with E-state index in [1.165, 1.54) is 19.3 Å². The van der Waals surface area contributed by atoms with E-state index in [1.807, 2.05) is 19.1 Å². The van der Waals surface area contributed by atoms with Crippen molar-refractivity contribution in [2.75, 3.05) is 39.4 Å². The van der Waals surface area contributed by atoms with Gasteiger partial charge in [0.25, 0.3) is 0 Å². The van der Waals surface area contributed by atoms with Crippen LogP contribution in [0.3, 0.4) is 0 Å². The van der Waals surface area contributed by atoms with Crippen LogP contribution in [0.5, 0.6) is 0 Å². The van der Waals surface area contributed by atoms with Gasteiger partial charge >= 0.3 is 0 Å². The third kappa shape index (κ3) is 9.00. The fourth-order valence-electron chi connectivity index (χ4n) is 4.29. The SMILES string of the molecule is CCOCCCN=C(NCCc1ccco1)NC1CCN(C(=O)C2CCCCC2)C1.I. The molecule has 2 fully saturated rings. The largest absolute Gasteiger partial charge is 0.469 e. The maximum atomic E-state index is 12.8. The Balaban J connectivity index is 0.00000341. The number of amides is 1. The van der Waals surface area contributed by atoms with Crippen LogP contribution in [0.4, 0.5) is 0 Å². The fraction of sp³-hybridized carbons (Fsp3) is 0.739. The van der Waals surface area contributed by atoms with Gasteiger partial charge < -0.3 is 24.7 Å². The minimum atomic E-state index is 0. The van der Waals surface area contributed by atoms with Crippen molar-refractivity contribution in [3.8, 4) is 0 Å². The molecule has 0 spiro atoms. The van der Waals surface area contributed by atoms with Crippen molar-refractivity contribution in [2.45, 2.75) is 64.3 Å². The lowest BCUT2D eigenvalue weighted by Crippen LogP contribution is -2.46. The van der Waals surface area contributed by atoms with Gasteiger partial charge in [-0.05, 0) is 44.7 Å². The van der Waals surface area contributed by atoms with Crippen LogP contribution in [-0.4, -0.2) is 62.2 Å². The molecule has 2 heterocycles. The fourth-order valence-corrected chi connectivity index (χ4v) is 4.29. The lowest BCUT2D eigenvalue weighted by Gasteiger charge is -2.26. The van der Waals surface area contributed by atoms with E-state index in [-0.39, 0.29) is 35.9 Å². The first-order valence-corrected chi connectivity index (χ1v) is 11.7. The molecule has 7 nitrogen and oxygen atoms in total. The third-order valence-corrected chi connectivity index (χ3v) is 5.96. The minimum absolute atomic E-state index is 0. The van der Waals surface area contributed by atoms with Crippen molar-refractivity contribution in [3.05, 3.63) is 24.2 Å². The predicted octanol–water partition coefficient (Wildman–Crippen LogP) is 3.58. The Labute approximate surface area is 203 Å². The predicted molar refractivity (Wildman–Crippen MR) is 134 cm³/mol. The zero-order valence-corrected chi connectivity index (χ0v) is 21.1. The molecule has 3 rings (SSSR count). The number of hydrogen-bond acceptors (Lipinski definition) is 4. The molecule has 2 N–H and O–H groups in total. The summed E-state index contributed by atoms with van der Waals surface area (Å²) >= 11 is 0. The average Bonchev–Trinajstić information content (AvgIpc) is 3.46. The second-order valence-electron chi connectivity index (χ2n) is 8.29. The van der Waals surface area contributed by atoms with E-state index in [9.17, 15) is 4.79 Å². The second-order valence-corrected chi connectivity index (χ2v) is 8.29. The van der Waals surface area contributed by atoms with Crippen LogP contribution in [0.15, 0.2) is 27.8 Å². The molecule has 1 atom stereocenters. The van der Waals surface area contributed by atoms with Gasteiger partial charge in [-0.2, -0.15) is 0 Å². The maximum absolute atomic E-state index is 12.8. The molecular weight excluding hydrogens is 507 g/mol. The standard InChI is InChI=1S/C23H38N4O3.HI/c1-2-29-16-7-13-24-23(25-14-11-21-10-6-17-30-21)26-20-12-15-27(18-20)22(28)19-8-4-3-5-9-19;/h6,10,17,19-20H,2-5,7-9,11-16,18H2,1H3,(H2,24,25,26);1H. The van der Waals surface area contributed by atoms with E-state index >= 15 is 0 Å². The normalized spacial score (nSPS) is 19.8. The number of carbonyl (C=O) groups excluding carboxylic acids is 1. The summed E-state index contributed by atoms with van der Waals surface area (Å²) in [7, 11) is 0. The van der Waals surface area contributed by atoms with Crippen molar-refractivity contribution in [2.24, 2.45) is 10.9 Å². The maximum Gasteiger partial charge on any atom is 0.225 e. The molecule has 0 aromatic carbocycles. The molecular formula is C23H39IN4O3. The number of guanidine groups is 1. The first-order valence-electron chi connectivity index (χ1n) is 11.7. The number of likely N-dealkylation sites (tertiary alicyclic amines) is 1. The molecule has 1 aromatic rings. The van der Waals surface area contributed by atoms with Gasteiger partial charge in [-0.3, -0.25) is 9.79 Å². The van der Waals surface area contributed by atoms with Crippen molar-refractivity contribution in [1.29, 1.82) is 0 Å². The molecule has 1 amide bonds. The number of ether oxygens (including phenoxy) is 1. The van der Waals surface area contributed by atoms with Crippen LogP contribution in [0.2, 0.25) is 0 Å². The highest BCUT2D eigenvalue weighted by Crippen LogP contribution is 2.26. The second kappa shape index (κ2) is 14.7. The quantitative estimate of drug-likeness (QED) is 0.203. The summed E-state index contributed by atoms with van der Waals surface area (Å²) in [4.78, 5) is 19.6. The number of carbonyl (C=O) groups is 1. The highest BCUT2D eigenvalue weighted by atomic mass is 127. The molecule has 1 aromatic heterocycles. The Morgan fingerprint density at radius 3 is 2.87 bits per heavy atom. The number of nitrogens with zero attached hydrogens (tertiary/aromatic N) is 2. The minimum Gasteiger partial charge on any atom is -0.469 e. The third-order valence-electron chi connectivity index (χ3n) is 5.96. The Kier molecular flexibility index (Phi) is 12.3. The summed E-state index contributed by atoms with van der Waals surface area (Å²) in [6, 6.07) is 4.14. The van der Waals surface area contributed by atoms with Crippen molar-refractivity contribution in [1.82, 2.24) is 15.5 Å². The number of nitrogens with one attached hydrogen (secondary N) is 2. The summed E-state index contributed by atoms with van der Waals surface area (Å²) in [6.45, 7) is 6.56. The number of aliphatic imine (C=N–C) groups is 1. The van der Waals surface area contributed by atoms with Crippen LogP contribution in [0.25, 0.3) is 0 Å². The summed E-state index contributed by atoms with van der Waals surface area (Å²) in [6.07, 6.45) is 10.2. The molecule has 2 aliphatic rings. The molecule has 0 radical (unpaired) electrons. The van der Waals surface area contributed by atoms with E-state index in [4.69, 9.17) is 14.1 Å². The van der Waals surface area contributed by atoms with E-state index < -0.39 is 0 Å². The number of rotatable bonds is 10. The monoisotopic (exact) mass is 546 g/mol.